The van der Waals surface area contributed by atoms with Crippen LogP contribution in [0.1, 0.15) is 0 Å². The van der Waals surface area contributed by atoms with Gasteiger partial charge < -0.3 is 4.42 Å². The quantitative estimate of drug-likeness (QED) is 0.151. The van der Waals surface area contributed by atoms with E-state index >= 15 is 0 Å². The second-order valence-corrected chi connectivity index (χ2v) is 23.1. The molecule has 0 amide bonds. The molecule has 0 aliphatic heterocycles. The molecule has 366 valence electrons. The standard InChI is InChI=1S/C76H44OS2/c1-3-16-45(17-4-1)47-31-36-68-62(40-47)64-42-49(33-38-70(64)78-68)72-52-20-7-9-22-54(52)74(55-23-10-8-21-53(55)72)51-30-35-60-67(44-51)77-66-29-15-28-61(76(60)66)75-58-26-13-11-24-56(58)73(57-25-12-14-27-59(57)75)50-34-39-71-65(43-50)63-41-48(32-37-69(63)79-71)46-18-5-2-6-19-46/h1-44H. The topological polar surface area (TPSA) is 13.1 Å². The second-order valence-electron chi connectivity index (χ2n) is 21.0. The van der Waals surface area contributed by atoms with E-state index in [1.165, 1.54) is 145 Å². The van der Waals surface area contributed by atoms with Crippen LogP contribution in [0, 0.1) is 0 Å². The maximum absolute atomic E-state index is 7.02. The molecule has 17 rings (SSSR count). The molecule has 0 bridgehead atoms. The van der Waals surface area contributed by atoms with Gasteiger partial charge in [-0.2, -0.15) is 0 Å². The number of hydrogen-bond acceptors (Lipinski definition) is 3. The van der Waals surface area contributed by atoms with Crippen LogP contribution in [0.3, 0.4) is 0 Å². The van der Waals surface area contributed by atoms with Crippen molar-refractivity contribution in [1.29, 1.82) is 0 Å². The van der Waals surface area contributed by atoms with Gasteiger partial charge in [0.1, 0.15) is 11.2 Å². The van der Waals surface area contributed by atoms with Crippen molar-refractivity contribution in [3.63, 3.8) is 0 Å². The third-order valence-electron chi connectivity index (χ3n) is 16.6. The minimum atomic E-state index is 0.874. The molecule has 0 spiro atoms. The molecule has 17 aromatic rings. The summed E-state index contributed by atoms with van der Waals surface area (Å²) in [4.78, 5) is 0. The van der Waals surface area contributed by atoms with E-state index < -0.39 is 0 Å². The van der Waals surface area contributed by atoms with E-state index in [1.54, 1.807) is 0 Å². The lowest BCUT2D eigenvalue weighted by Crippen LogP contribution is -1.91. The van der Waals surface area contributed by atoms with Gasteiger partial charge in [-0.05, 0) is 177 Å². The lowest BCUT2D eigenvalue weighted by Gasteiger charge is -2.18. The van der Waals surface area contributed by atoms with E-state index in [9.17, 15) is 0 Å². The molecule has 0 radical (unpaired) electrons. The minimum absolute atomic E-state index is 0.874. The first-order valence-corrected chi connectivity index (χ1v) is 28.7. The molecule has 1 nitrogen and oxygen atoms in total. The normalized spacial score (nSPS) is 12.1. The Bertz CT molecular complexity index is 5250. The zero-order valence-corrected chi connectivity index (χ0v) is 44.3. The first kappa shape index (κ1) is 44.5. The van der Waals surface area contributed by atoms with Crippen LogP contribution < -0.4 is 0 Å². The highest BCUT2D eigenvalue weighted by Crippen LogP contribution is 2.51. The average molecular weight is 1040 g/mol. The van der Waals surface area contributed by atoms with Crippen molar-refractivity contribution >= 4 is 128 Å². The number of benzene rings is 14. The fourth-order valence-electron chi connectivity index (χ4n) is 13.2. The first-order valence-electron chi connectivity index (χ1n) is 27.0. The van der Waals surface area contributed by atoms with Gasteiger partial charge in [0.05, 0.1) is 0 Å². The minimum Gasteiger partial charge on any atom is -0.456 e. The van der Waals surface area contributed by atoms with Crippen LogP contribution in [0.5, 0.6) is 0 Å². The summed E-state index contributed by atoms with van der Waals surface area (Å²) in [6.07, 6.45) is 0. The Hall–Kier alpha value is -9.64. The zero-order valence-electron chi connectivity index (χ0n) is 42.6. The van der Waals surface area contributed by atoms with Crippen LogP contribution in [0.25, 0.3) is 172 Å². The maximum atomic E-state index is 7.02. The van der Waals surface area contributed by atoms with Gasteiger partial charge in [0.25, 0.3) is 0 Å². The molecule has 0 atom stereocenters. The fourth-order valence-corrected chi connectivity index (χ4v) is 15.3. The Labute approximate surface area is 463 Å². The van der Waals surface area contributed by atoms with E-state index in [1.807, 2.05) is 22.7 Å². The van der Waals surface area contributed by atoms with Gasteiger partial charge in [-0.1, -0.05) is 200 Å². The summed E-state index contributed by atoms with van der Waals surface area (Å²) in [6, 6.07) is 98.9. The summed E-state index contributed by atoms with van der Waals surface area (Å²) < 4.78 is 12.2. The van der Waals surface area contributed by atoms with Crippen LogP contribution in [0.2, 0.25) is 0 Å². The Kier molecular flexibility index (Phi) is 9.82. The number of fused-ring (bicyclic) bond motifs is 13. The SMILES string of the molecule is c1ccc(-c2ccc3sc4ccc(-c5c6ccccc6c(-c6ccc7c(c6)oc6cccc(-c8c9ccccc9c(-c9ccc%10sc%11ccc(-c%12ccccc%12)cc%11c%10c9)c9ccccc89)c67)c6ccccc56)cc4c3c2)cc1. The smallest absolute Gasteiger partial charge is 0.136 e. The molecule has 0 aliphatic rings. The number of furan rings is 1. The summed E-state index contributed by atoms with van der Waals surface area (Å²) in [5.74, 6) is 0. The maximum Gasteiger partial charge on any atom is 0.136 e. The van der Waals surface area contributed by atoms with Gasteiger partial charge in [-0.25, -0.2) is 0 Å². The molecule has 3 aromatic heterocycles. The van der Waals surface area contributed by atoms with E-state index in [-0.39, 0.29) is 0 Å². The Morgan fingerprint density at radius 2 is 0.544 bits per heavy atom. The third-order valence-corrected chi connectivity index (χ3v) is 19.0. The Balaban J connectivity index is 0.823. The van der Waals surface area contributed by atoms with Gasteiger partial charge in [-0.3, -0.25) is 0 Å². The van der Waals surface area contributed by atoms with E-state index in [0.29, 0.717) is 0 Å². The summed E-state index contributed by atoms with van der Waals surface area (Å²) in [6.45, 7) is 0. The van der Waals surface area contributed by atoms with Crippen LogP contribution in [-0.4, -0.2) is 0 Å². The third kappa shape index (κ3) is 6.87. The fraction of sp³-hybridized carbons (Fsp3) is 0. The molecule has 0 aliphatic carbocycles. The van der Waals surface area contributed by atoms with Gasteiger partial charge in [0, 0.05) is 51.1 Å². The molecular weight excluding hydrogens is 993 g/mol. The summed E-state index contributed by atoms with van der Waals surface area (Å²) in [7, 11) is 0. The van der Waals surface area contributed by atoms with E-state index in [4.69, 9.17) is 4.42 Å². The average Bonchev–Trinajstić information content (AvgIpc) is 4.30. The van der Waals surface area contributed by atoms with Gasteiger partial charge in [-0.15, -0.1) is 22.7 Å². The molecule has 0 saturated heterocycles. The van der Waals surface area contributed by atoms with Gasteiger partial charge in [0.2, 0.25) is 0 Å². The van der Waals surface area contributed by atoms with Gasteiger partial charge >= 0.3 is 0 Å². The molecule has 0 unspecified atom stereocenters. The summed E-state index contributed by atoms with van der Waals surface area (Å²) >= 11 is 3.74. The lowest BCUT2D eigenvalue weighted by atomic mass is 9.84. The van der Waals surface area contributed by atoms with E-state index in [2.05, 4.69) is 267 Å². The number of hydrogen-bond donors (Lipinski definition) is 0. The highest BCUT2D eigenvalue weighted by atomic mass is 32.1. The highest BCUT2D eigenvalue weighted by Gasteiger charge is 2.23. The predicted molar refractivity (Wildman–Crippen MR) is 342 cm³/mol. The largest absolute Gasteiger partial charge is 0.456 e. The predicted octanol–water partition coefficient (Wildman–Crippen LogP) is 22.9. The lowest BCUT2D eigenvalue weighted by molar-refractivity contribution is 0.669. The van der Waals surface area contributed by atoms with Crippen molar-refractivity contribution in [1.82, 2.24) is 0 Å². The van der Waals surface area contributed by atoms with Gasteiger partial charge in [0.15, 0.2) is 0 Å². The first-order chi connectivity index (χ1) is 39.2. The molecular formula is C76H44OS2. The van der Waals surface area contributed by atoms with Crippen molar-refractivity contribution in [3.05, 3.63) is 267 Å². The molecule has 0 saturated carbocycles. The summed E-state index contributed by atoms with van der Waals surface area (Å²) in [5, 5.41) is 17.2. The summed E-state index contributed by atoms with van der Waals surface area (Å²) in [5.41, 5.74) is 16.4. The van der Waals surface area contributed by atoms with Crippen molar-refractivity contribution in [2.24, 2.45) is 0 Å². The van der Waals surface area contributed by atoms with Crippen LogP contribution in [-0.2, 0) is 0 Å². The van der Waals surface area contributed by atoms with Crippen molar-refractivity contribution in [3.8, 4) is 66.8 Å². The molecule has 3 heterocycles. The molecule has 79 heavy (non-hydrogen) atoms. The zero-order chi connectivity index (χ0) is 51.7. The van der Waals surface area contributed by atoms with Crippen LogP contribution in [0.4, 0.5) is 0 Å². The van der Waals surface area contributed by atoms with Crippen LogP contribution in [0.15, 0.2) is 271 Å². The molecule has 0 fully saturated rings. The monoisotopic (exact) mass is 1040 g/mol. The molecule has 3 heteroatoms. The van der Waals surface area contributed by atoms with Crippen molar-refractivity contribution < 1.29 is 4.42 Å². The van der Waals surface area contributed by atoms with Crippen molar-refractivity contribution in [2.75, 3.05) is 0 Å². The Morgan fingerprint density at radius 1 is 0.203 bits per heavy atom. The number of thiophene rings is 2. The number of rotatable bonds is 6. The van der Waals surface area contributed by atoms with E-state index in [0.717, 1.165) is 27.5 Å². The molecule has 14 aromatic carbocycles. The van der Waals surface area contributed by atoms with Crippen LogP contribution >= 0.6 is 22.7 Å². The van der Waals surface area contributed by atoms with Crippen molar-refractivity contribution in [2.45, 2.75) is 0 Å². The Morgan fingerprint density at radius 3 is 0.962 bits per heavy atom. The molecule has 0 N–H and O–H groups in total. The second kappa shape index (κ2) is 17.4. The highest BCUT2D eigenvalue weighted by molar-refractivity contribution is 7.26.